The van der Waals surface area contributed by atoms with Crippen LogP contribution in [0.15, 0.2) is 21.6 Å². The summed E-state index contributed by atoms with van der Waals surface area (Å²) < 4.78 is 5.63. The number of thioether (sulfide) groups is 2. The Hall–Kier alpha value is -3.29. The molecule has 4 rings (SSSR count). The van der Waals surface area contributed by atoms with Gasteiger partial charge in [0.05, 0.1) is 6.54 Å². The molecule has 38 heavy (non-hydrogen) atoms. The Morgan fingerprint density at radius 2 is 2.18 bits per heavy atom. The standard InChI is InChI=1S/C19H25N11O5S3/c1-4-35-24-10(13-22-18(20)38-25-13)14(31)21-11-15(32)30-12(17(33)34)9(7-36-16(11)30)8-37-19-23-26-27-29(19)6-5-28(2)3/h11,16H,4-8H2,1-3H3,(H,21,31)(H,33,34)(H2,20,22,25)/t11?,16-/m1/s1. The van der Waals surface area contributed by atoms with Crippen LogP contribution in [-0.4, -0.2) is 118 Å². The summed E-state index contributed by atoms with van der Waals surface area (Å²) >= 11 is 3.53. The lowest BCUT2D eigenvalue weighted by molar-refractivity contribution is -0.150. The Morgan fingerprint density at radius 3 is 2.84 bits per heavy atom. The number of fused-ring (bicyclic) bond motifs is 1. The van der Waals surface area contributed by atoms with E-state index in [9.17, 15) is 19.5 Å². The van der Waals surface area contributed by atoms with E-state index in [4.69, 9.17) is 10.6 Å². The Morgan fingerprint density at radius 1 is 1.39 bits per heavy atom. The van der Waals surface area contributed by atoms with Gasteiger partial charge in [-0.1, -0.05) is 16.9 Å². The number of likely N-dealkylation sites (N-methyl/N-ethyl adjacent to an activating group) is 1. The Balaban J connectivity index is 1.46. The number of nitrogens with one attached hydrogen (secondary N) is 1. The van der Waals surface area contributed by atoms with Crippen molar-refractivity contribution >= 4 is 63.7 Å². The van der Waals surface area contributed by atoms with Crippen LogP contribution in [0.2, 0.25) is 0 Å². The molecule has 204 valence electrons. The van der Waals surface area contributed by atoms with E-state index in [1.165, 1.54) is 28.4 Å². The van der Waals surface area contributed by atoms with E-state index in [-0.39, 0.29) is 34.7 Å². The van der Waals surface area contributed by atoms with Crippen molar-refractivity contribution in [3.8, 4) is 0 Å². The molecule has 0 spiro atoms. The Labute approximate surface area is 229 Å². The van der Waals surface area contributed by atoms with Gasteiger partial charge in [0, 0.05) is 29.6 Å². The number of anilines is 1. The van der Waals surface area contributed by atoms with Crippen molar-refractivity contribution < 1.29 is 24.3 Å². The van der Waals surface area contributed by atoms with Crippen molar-refractivity contribution in [3.05, 3.63) is 17.1 Å². The highest BCUT2D eigenvalue weighted by atomic mass is 32.2. The van der Waals surface area contributed by atoms with Gasteiger partial charge in [-0.2, -0.15) is 9.36 Å². The van der Waals surface area contributed by atoms with Crippen molar-refractivity contribution in [2.75, 3.05) is 44.5 Å². The van der Waals surface area contributed by atoms with Crippen LogP contribution in [-0.2, 0) is 25.8 Å². The summed E-state index contributed by atoms with van der Waals surface area (Å²) in [7, 11) is 3.88. The molecular weight excluding hydrogens is 558 g/mol. The topological polar surface area (TPSA) is 207 Å². The molecule has 2 aliphatic rings. The van der Waals surface area contributed by atoms with Crippen LogP contribution in [0.4, 0.5) is 5.13 Å². The van der Waals surface area contributed by atoms with E-state index in [0.717, 1.165) is 18.1 Å². The fourth-order valence-electron chi connectivity index (χ4n) is 3.53. The molecule has 2 aromatic rings. The van der Waals surface area contributed by atoms with Crippen molar-refractivity contribution in [1.29, 1.82) is 0 Å². The summed E-state index contributed by atoms with van der Waals surface area (Å²) in [5.41, 5.74) is 5.85. The first-order chi connectivity index (χ1) is 18.2. The molecular formula is C19H25N11O5S3. The first-order valence-corrected chi connectivity index (χ1v) is 14.1. The van der Waals surface area contributed by atoms with Gasteiger partial charge >= 0.3 is 5.97 Å². The number of hydrogen-bond acceptors (Lipinski definition) is 15. The van der Waals surface area contributed by atoms with Gasteiger partial charge in [0.25, 0.3) is 11.8 Å². The predicted molar refractivity (Wildman–Crippen MR) is 139 cm³/mol. The number of hydrogen-bond donors (Lipinski definition) is 3. The maximum atomic E-state index is 13.0. The van der Waals surface area contributed by atoms with Gasteiger partial charge in [-0.3, -0.25) is 14.5 Å². The van der Waals surface area contributed by atoms with Gasteiger partial charge in [-0.05, 0) is 37.0 Å². The smallest absolute Gasteiger partial charge is 0.352 e. The van der Waals surface area contributed by atoms with Gasteiger partial charge in [-0.25, -0.2) is 9.48 Å². The predicted octanol–water partition coefficient (Wildman–Crippen LogP) is -1.06. The quantitative estimate of drug-likeness (QED) is 0.118. The summed E-state index contributed by atoms with van der Waals surface area (Å²) in [5, 5.41) is 28.1. The normalized spacial score (nSPS) is 19.4. The third-order valence-electron chi connectivity index (χ3n) is 5.32. The lowest BCUT2D eigenvalue weighted by atomic mass is 10.0. The maximum absolute atomic E-state index is 13.0. The molecule has 4 N–H and O–H groups in total. The van der Waals surface area contributed by atoms with E-state index in [0.29, 0.717) is 23.0 Å². The number of nitrogen functional groups attached to an aromatic ring is 1. The molecule has 1 fully saturated rings. The fraction of sp³-hybridized carbons (Fsp3) is 0.526. The highest BCUT2D eigenvalue weighted by Crippen LogP contribution is 2.41. The van der Waals surface area contributed by atoms with Crippen molar-refractivity contribution in [1.82, 2.24) is 44.7 Å². The fourth-order valence-corrected chi connectivity index (χ4v) is 6.36. The number of oxime groups is 1. The summed E-state index contributed by atoms with van der Waals surface area (Å²) in [4.78, 5) is 50.3. The second kappa shape index (κ2) is 12.0. The molecule has 16 nitrogen and oxygen atoms in total. The molecule has 2 aromatic heterocycles. The van der Waals surface area contributed by atoms with Crippen molar-refractivity contribution in [2.45, 2.75) is 30.0 Å². The number of carbonyl (C=O) groups excluding carboxylic acids is 2. The minimum atomic E-state index is -1.23. The third kappa shape index (κ3) is 5.89. The minimum absolute atomic E-state index is 0.0308. The van der Waals surface area contributed by atoms with E-state index in [2.05, 4.69) is 35.4 Å². The lowest BCUT2D eigenvalue weighted by Gasteiger charge is -2.49. The van der Waals surface area contributed by atoms with E-state index >= 15 is 0 Å². The van der Waals surface area contributed by atoms with Gasteiger partial charge in [-0.15, -0.1) is 16.9 Å². The molecule has 2 amide bonds. The number of aliphatic carboxylic acids is 1. The largest absolute Gasteiger partial charge is 0.477 e. The third-order valence-corrected chi connectivity index (χ3v) is 8.25. The number of β-lactam (4-membered cyclic amide) rings is 1. The van der Waals surface area contributed by atoms with Crippen LogP contribution in [0.1, 0.15) is 12.7 Å². The number of carboxylic acids is 1. The highest BCUT2D eigenvalue weighted by molar-refractivity contribution is 8.01. The average molecular weight is 584 g/mol. The number of nitrogens with zero attached hydrogens (tertiary/aromatic N) is 9. The zero-order chi connectivity index (χ0) is 27.4. The summed E-state index contributed by atoms with van der Waals surface area (Å²) in [6.45, 7) is 3.19. The average Bonchev–Trinajstić information content (AvgIpc) is 3.52. The molecule has 2 aliphatic heterocycles. The molecule has 0 radical (unpaired) electrons. The van der Waals surface area contributed by atoms with E-state index in [1.807, 2.05) is 19.0 Å². The number of carboxylic acid groups (broad SMARTS) is 1. The van der Waals surface area contributed by atoms with Crippen LogP contribution in [0.3, 0.4) is 0 Å². The maximum Gasteiger partial charge on any atom is 0.352 e. The van der Waals surface area contributed by atoms with Gasteiger partial charge in [0.2, 0.25) is 16.7 Å². The number of carbonyl (C=O) groups is 3. The van der Waals surface area contributed by atoms with Crippen LogP contribution in [0, 0.1) is 0 Å². The molecule has 0 bridgehead atoms. The van der Waals surface area contributed by atoms with Gasteiger partial charge < -0.3 is 25.9 Å². The summed E-state index contributed by atoms with van der Waals surface area (Å²) in [6.07, 6.45) is 0. The second-order valence-corrected chi connectivity index (χ2v) is 11.0. The highest BCUT2D eigenvalue weighted by Gasteiger charge is 2.54. The van der Waals surface area contributed by atoms with Crippen LogP contribution in [0.25, 0.3) is 0 Å². The van der Waals surface area contributed by atoms with Crippen molar-refractivity contribution in [2.24, 2.45) is 5.16 Å². The number of aromatic nitrogens is 6. The van der Waals surface area contributed by atoms with Gasteiger partial charge in [0.15, 0.2) is 5.13 Å². The Kier molecular flexibility index (Phi) is 8.80. The molecule has 4 heterocycles. The summed E-state index contributed by atoms with van der Waals surface area (Å²) in [6, 6.07) is -0.961. The Bertz CT molecular complexity index is 1280. The molecule has 0 aliphatic carbocycles. The molecule has 0 saturated carbocycles. The minimum Gasteiger partial charge on any atom is -0.477 e. The SMILES string of the molecule is CCON=C(C(=O)NC1C(=O)N2C(C(=O)O)=C(CSc3nnnn3CCN(C)C)CS[C@H]12)c1nsc(N)n1. The number of amides is 2. The molecule has 1 saturated heterocycles. The zero-order valence-corrected chi connectivity index (χ0v) is 23.0. The second-order valence-electron chi connectivity index (χ2n) is 8.21. The van der Waals surface area contributed by atoms with Crippen molar-refractivity contribution in [3.63, 3.8) is 0 Å². The first kappa shape index (κ1) is 27.7. The van der Waals surface area contributed by atoms with Crippen LogP contribution < -0.4 is 11.1 Å². The van der Waals surface area contributed by atoms with E-state index < -0.39 is 29.2 Å². The number of nitrogens with two attached hydrogens (primary N) is 1. The molecule has 0 aromatic carbocycles. The lowest BCUT2D eigenvalue weighted by Crippen LogP contribution is -2.71. The zero-order valence-electron chi connectivity index (χ0n) is 20.6. The number of rotatable bonds is 12. The van der Waals surface area contributed by atoms with Crippen LogP contribution in [0.5, 0.6) is 0 Å². The molecule has 19 heteroatoms. The molecule has 2 atom stereocenters. The van der Waals surface area contributed by atoms with Gasteiger partial charge in [0.1, 0.15) is 23.7 Å². The first-order valence-electron chi connectivity index (χ1n) is 11.2. The van der Waals surface area contributed by atoms with E-state index in [1.54, 1.807) is 11.6 Å². The monoisotopic (exact) mass is 583 g/mol. The summed E-state index contributed by atoms with van der Waals surface area (Å²) in [5.74, 6) is -1.91. The number of tetrazole rings is 1. The van der Waals surface area contributed by atoms with Crippen LogP contribution >= 0.6 is 35.1 Å². The molecule has 1 unspecified atom stereocenters.